The lowest BCUT2D eigenvalue weighted by atomic mass is 10.2. The molecular weight excluding hydrogens is 164 g/mol. The van der Waals surface area contributed by atoms with Gasteiger partial charge in [0.05, 0.1) is 19.2 Å². The van der Waals surface area contributed by atoms with Gasteiger partial charge < -0.3 is 0 Å². The maximum absolute atomic E-state index is 8.75. The van der Waals surface area contributed by atoms with Gasteiger partial charge in [0.1, 0.15) is 5.92 Å². The van der Waals surface area contributed by atoms with Gasteiger partial charge in [0, 0.05) is 0 Å². The molecule has 68 valence electrons. The van der Waals surface area contributed by atoms with Crippen molar-refractivity contribution in [3.63, 3.8) is 0 Å². The van der Waals surface area contributed by atoms with Gasteiger partial charge in [-0.3, -0.25) is 4.58 Å². The summed E-state index contributed by atoms with van der Waals surface area (Å²) in [4.78, 5) is 0. The minimum absolute atomic E-state index is 0.224. The molecule has 1 atom stereocenters. The molecule has 1 aliphatic heterocycles. The van der Waals surface area contributed by atoms with Crippen LogP contribution >= 0.6 is 0 Å². The van der Waals surface area contributed by atoms with Crippen LogP contribution in [0.5, 0.6) is 0 Å². The molecule has 0 aliphatic carbocycles. The van der Waals surface area contributed by atoms with E-state index < -0.39 is 0 Å². The molecule has 0 aromatic rings. The van der Waals surface area contributed by atoms with Crippen molar-refractivity contribution < 1.29 is 4.58 Å². The molecule has 0 saturated carbocycles. The third kappa shape index (κ3) is 2.19. The maximum Gasteiger partial charge on any atom is 0.288 e. The van der Waals surface area contributed by atoms with Crippen molar-refractivity contribution in [3.8, 4) is 12.3 Å². The molecule has 1 saturated heterocycles. The number of nitrogens with zero attached hydrogens (tertiary/aromatic N) is 3. The average Bonchev–Trinajstić information content (AvgIpc) is 2.65. The van der Waals surface area contributed by atoms with Crippen molar-refractivity contribution in [3.05, 3.63) is 0 Å². The molecule has 1 heterocycles. The fourth-order valence-corrected chi connectivity index (χ4v) is 1.54. The molecule has 4 nitrogen and oxygen atoms in total. The van der Waals surface area contributed by atoms with E-state index in [1.165, 1.54) is 0 Å². The average molecular weight is 177 g/mol. The van der Waals surface area contributed by atoms with E-state index in [-0.39, 0.29) is 5.92 Å². The van der Waals surface area contributed by atoms with Crippen LogP contribution in [-0.4, -0.2) is 23.5 Å². The number of rotatable bonds is 1. The summed E-state index contributed by atoms with van der Waals surface area (Å²) in [5, 5.41) is 19.9. The molecule has 4 heteroatoms. The standard InChI is InChI=1S/C9H12N4/c1-8(6-10)9(12-7-11)13-4-2-3-5-13/h8H,2-5H2,1H3/p+1. The van der Waals surface area contributed by atoms with Crippen LogP contribution in [0.25, 0.3) is 0 Å². The Morgan fingerprint density at radius 2 is 2.00 bits per heavy atom. The van der Waals surface area contributed by atoms with E-state index in [1.54, 1.807) is 6.92 Å². The quantitative estimate of drug-likeness (QED) is 0.273. The summed E-state index contributed by atoms with van der Waals surface area (Å²) in [6, 6.07) is 2.13. The molecule has 1 unspecified atom stereocenters. The van der Waals surface area contributed by atoms with E-state index >= 15 is 0 Å². The summed E-state index contributed by atoms with van der Waals surface area (Å²) in [5.41, 5.74) is 0. The van der Waals surface area contributed by atoms with Gasteiger partial charge in [-0.15, -0.1) is 5.26 Å². The van der Waals surface area contributed by atoms with Crippen molar-refractivity contribution in [1.29, 1.82) is 10.5 Å². The van der Waals surface area contributed by atoms with Crippen LogP contribution in [0.4, 0.5) is 0 Å². The highest BCUT2D eigenvalue weighted by molar-refractivity contribution is 5.83. The Labute approximate surface area is 78.1 Å². The Morgan fingerprint density at radius 3 is 2.46 bits per heavy atom. The summed E-state index contributed by atoms with van der Waals surface area (Å²) in [6.45, 7) is 3.71. The number of nitriles is 2. The van der Waals surface area contributed by atoms with Crippen LogP contribution in [0.2, 0.25) is 0 Å². The maximum atomic E-state index is 8.75. The largest absolute Gasteiger partial charge is 0.288 e. The molecule has 1 fully saturated rings. The fourth-order valence-electron chi connectivity index (χ4n) is 1.54. The van der Waals surface area contributed by atoms with Crippen molar-refractivity contribution in [2.24, 2.45) is 5.92 Å². The highest BCUT2D eigenvalue weighted by Gasteiger charge is 2.23. The monoisotopic (exact) mass is 177 g/mol. The third-order valence-electron chi connectivity index (χ3n) is 2.23. The van der Waals surface area contributed by atoms with Crippen molar-refractivity contribution >= 4 is 5.84 Å². The SMILES string of the molecule is CC(C#N)C(NC#N)=[N+]1CCCC1. The second-order valence-corrected chi connectivity index (χ2v) is 3.17. The van der Waals surface area contributed by atoms with Gasteiger partial charge in [-0.25, -0.2) is 0 Å². The molecule has 0 amide bonds. The number of hydrogen-bond acceptors (Lipinski definition) is 2. The van der Waals surface area contributed by atoms with Crippen molar-refractivity contribution in [2.45, 2.75) is 19.8 Å². The van der Waals surface area contributed by atoms with E-state index in [9.17, 15) is 0 Å². The minimum atomic E-state index is -0.224. The van der Waals surface area contributed by atoms with E-state index in [4.69, 9.17) is 10.5 Å². The zero-order valence-electron chi connectivity index (χ0n) is 7.75. The van der Waals surface area contributed by atoms with Crippen molar-refractivity contribution in [2.75, 3.05) is 13.1 Å². The van der Waals surface area contributed by atoms with Gasteiger partial charge in [0.25, 0.3) is 12.0 Å². The lowest BCUT2D eigenvalue weighted by molar-refractivity contribution is -0.509. The fraction of sp³-hybridized carbons (Fsp3) is 0.667. The zero-order valence-corrected chi connectivity index (χ0v) is 7.75. The Bertz CT molecular complexity index is 284. The first-order chi connectivity index (χ1) is 6.29. The number of nitrogens with one attached hydrogen (secondary N) is 1. The van der Waals surface area contributed by atoms with E-state index in [2.05, 4.69) is 16.0 Å². The minimum Gasteiger partial charge on any atom is -0.264 e. The number of hydrogen-bond donors (Lipinski definition) is 1. The molecule has 0 bridgehead atoms. The molecule has 0 spiro atoms. The van der Waals surface area contributed by atoms with E-state index in [1.807, 2.05) is 6.19 Å². The first kappa shape index (κ1) is 9.54. The van der Waals surface area contributed by atoms with Gasteiger partial charge in [-0.1, -0.05) is 0 Å². The highest BCUT2D eigenvalue weighted by Crippen LogP contribution is 2.04. The van der Waals surface area contributed by atoms with Crippen LogP contribution in [0.15, 0.2) is 0 Å². The van der Waals surface area contributed by atoms with E-state index in [0.29, 0.717) is 0 Å². The highest BCUT2D eigenvalue weighted by atomic mass is 15.1. The number of amidine groups is 1. The van der Waals surface area contributed by atoms with Crippen LogP contribution in [0, 0.1) is 28.7 Å². The van der Waals surface area contributed by atoms with Crippen LogP contribution < -0.4 is 5.32 Å². The van der Waals surface area contributed by atoms with Crippen LogP contribution in [-0.2, 0) is 0 Å². The predicted octanol–water partition coefficient (Wildman–Crippen LogP) is 0.422. The second kappa shape index (κ2) is 4.47. The molecule has 0 aromatic heterocycles. The summed E-state index contributed by atoms with van der Waals surface area (Å²) in [7, 11) is 0. The topological polar surface area (TPSA) is 62.6 Å². The van der Waals surface area contributed by atoms with Gasteiger partial charge in [-0.2, -0.15) is 10.6 Å². The zero-order chi connectivity index (χ0) is 9.68. The van der Waals surface area contributed by atoms with Gasteiger partial charge in [-0.05, 0) is 19.8 Å². The van der Waals surface area contributed by atoms with Crippen LogP contribution in [0.1, 0.15) is 19.8 Å². The first-order valence-corrected chi connectivity index (χ1v) is 4.46. The molecule has 1 rings (SSSR count). The lowest BCUT2D eigenvalue weighted by Crippen LogP contribution is -2.34. The molecule has 1 N–H and O–H groups in total. The Morgan fingerprint density at radius 1 is 1.38 bits per heavy atom. The smallest absolute Gasteiger partial charge is 0.264 e. The third-order valence-corrected chi connectivity index (χ3v) is 2.23. The molecular formula is C9H13N4+. The lowest BCUT2D eigenvalue weighted by Gasteiger charge is -2.04. The summed E-state index contributed by atoms with van der Waals surface area (Å²) in [5.74, 6) is 0.528. The molecule has 13 heavy (non-hydrogen) atoms. The predicted molar refractivity (Wildman–Crippen MR) is 47.8 cm³/mol. The summed E-state index contributed by atoms with van der Waals surface area (Å²) < 4.78 is 2.08. The summed E-state index contributed by atoms with van der Waals surface area (Å²) >= 11 is 0. The normalized spacial score (nSPS) is 17.3. The Hall–Kier alpha value is -1.55. The molecule has 0 radical (unpaired) electrons. The Balaban J connectivity index is 2.84. The summed E-state index contributed by atoms with van der Waals surface area (Å²) in [6.07, 6.45) is 4.18. The van der Waals surface area contributed by atoms with Gasteiger partial charge in [0.15, 0.2) is 0 Å². The molecule has 1 aliphatic rings. The van der Waals surface area contributed by atoms with Gasteiger partial charge in [0.2, 0.25) is 0 Å². The Kier molecular flexibility index (Phi) is 3.28. The molecule has 0 aromatic carbocycles. The van der Waals surface area contributed by atoms with Crippen LogP contribution in [0.3, 0.4) is 0 Å². The second-order valence-electron chi connectivity index (χ2n) is 3.17. The van der Waals surface area contributed by atoms with Gasteiger partial charge >= 0.3 is 0 Å². The van der Waals surface area contributed by atoms with Crippen molar-refractivity contribution in [1.82, 2.24) is 5.32 Å². The van der Waals surface area contributed by atoms with E-state index in [0.717, 1.165) is 31.8 Å². The first-order valence-electron chi connectivity index (χ1n) is 4.46.